The van der Waals surface area contributed by atoms with E-state index in [1.54, 1.807) is 36.5 Å². The Balaban J connectivity index is 1.47. The smallest absolute Gasteiger partial charge is 0.251 e. The molecule has 1 saturated carbocycles. The summed E-state index contributed by atoms with van der Waals surface area (Å²) in [6, 6.07) is 18.8. The Hall–Kier alpha value is -3.21. The van der Waals surface area contributed by atoms with Gasteiger partial charge >= 0.3 is 0 Å². The standard InChI is InChI=1S/C20H17N3O2/c24-20(22-16-8-9-16)15-6-10-17(11-7-15)25-18-12-13-21-19(23-18)14-4-2-1-3-5-14/h1-7,10-13,16H,8-9H2,(H,22,24). The molecule has 0 saturated heterocycles. The quantitative estimate of drug-likeness (QED) is 0.772. The number of rotatable bonds is 5. The van der Waals surface area contributed by atoms with E-state index in [9.17, 15) is 4.79 Å². The number of aromatic nitrogens is 2. The minimum atomic E-state index is -0.0394. The summed E-state index contributed by atoms with van der Waals surface area (Å²) in [6.45, 7) is 0. The normalized spacial score (nSPS) is 13.3. The number of hydrogen-bond acceptors (Lipinski definition) is 4. The Morgan fingerprint density at radius 2 is 1.76 bits per heavy atom. The summed E-state index contributed by atoms with van der Waals surface area (Å²) in [5.74, 6) is 1.66. The van der Waals surface area contributed by atoms with Gasteiger partial charge in [-0.05, 0) is 37.1 Å². The first-order valence-electron chi connectivity index (χ1n) is 8.25. The van der Waals surface area contributed by atoms with E-state index < -0.39 is 0 Å². The van der Waals surface area contributed by atoms with E-state index in [0.717, 1.165) is 18.4 Å². The van der Waals surface area contributed by atoms with Crippen LogP contribution in [-0.4, -0.2) is 21.9 Å². The molecule has 5 nitrogen and oxygen atoms in total. The molecule has 0 bridgehead atoms. The molecule has 1 amide bonds. The van der Waals surface area contributed by atoms with Crippen molar-refractivity contribution in [2.75, 3.05) is 0 Å². The SMILES string of the molecule is O=C(NC1CC1)c1ccc(Oc2ccnc(-c3ccccc3)n2)cc1. The second-order valence-corrected chi connectivity index (χ2v) is 5.96. The first-order chi connectivity index (χ1) is 12.3. The van der Waals surface area contributed by atoms with Crippen LogP contribution in [-0.2, 0) is 0 Å². The van der Waals surface area contributed by atoms with Crippen LogP contribution in [0.2, 0.25) is 0 Å². The van der Waals surface area contributed by atoms with Gasteiger partial charge < -0.3 is 10.1 Å². The monoisotopic (exact) mass is 331 g/mol. The minimum absolute atomic E-state index is 0.0394. The van der Waals surface area contributed by atoms with Crippen LogP contribution in [0.1, 0.15) is 23.2 Å². The summed E-state index contributed by atoms with van der Waals surface area (Å²) in [4.78, 5) is 20.7. The molecule has 0 spiro atoms. The third-order valence-electron chi connectivity index (χ3n) is 3.91. The molecule has 124 valence electrons. The van der Waals surface area contributed by atoms with Gasteiger partial charge in [-0.1, -0.05) is 30.3 Å². The van der Waals surface area contributed by atoms with E-state index in [1.807, 2.05) is 30.3 Å². The number of amides is 1. The summed E-state index contributed by atoms with van der Waals surface area (Å²) < 4.78 is 5.79. The van der Waals surface area contributed by atoms with Crippen LogP contribution in [0.3, 0.4) is 0 Å². The lowest BCUT2D eigenvalue weighted by Crippen LogP contribution is -2.25. The summed E-state index contributed by atoms with van der Waals surface area (Å²) in [7, 11) is 0. The molecule has 4 rings (SSSR count). The molecule has 1 aromatic heterocycles. The molecule has 0 aliphatic heterocycles. The predicted molar refractivity (Wildman–Crippen MR) is 94.5 cm³/mol. The molecule has 0 radical (unpaired) electrons. The maximum Gasteiger partial charge on any atom is 0.251 e. The molecule has 1 aliphatic carbocycles. The first-order valence-corrected chi connectivity index (χ1v) is 8.25. The van der Waals surface area contributed by atoms with Gasteiger partial charge in [-0.25, -0.2) is 4.98 Å². The minimum Gasteiger partial charge on any atom is -0.439 e. The van der Waals surface area contributed by atoms with Crippen LogP contribution in [0.4, 0.5) is 0 Å². The number of ether oxygens (including phenoxy) is 1. The fourth-order valence-corrected chi connectivity index (χ4v) is 2.42. The Bertz CT molecular complexity index is 875. The fraction of sp³-hybridized carbons (Fsp3) is 0.150. The topological polar surface area (TPSA) is 64.1 Å². The van der Waals surface area contributed by atoms with Crippen LogP contribution in [0.5, 0.6) is 11.6 Å². The lowest BCUT2D eigenvalue weighted by atomic mass is 10.2. The largest absolute Gasteiger partial charge is 0.439 e. The van der Waals surface area contributed by atoms with E-state index in [-0.39, 0.29) is 5.91 Å². The van der Waals surface area contributed by atoms with Crippen LogP contribution in [0.15, 0.2) is 66.9 Å². The number of hydrogen-bond donors (Lipinski definition) is 1. The molecular formula is C20H17N3O2. The van der Waals surface area contributed by atoms with Gasteiger partial charge in [0.2, 0.25) is 5.88 Å². The van der Waals surface area contributed by atoms with E-state index >= 15 is 0 Å². The summed E-state index contributed by atoms with van der Waals surface area (Å²) in [5, 5.41) is 2.96. The molecule has 1 N–H and O–H groups in total. The van der Waals surface area contributed by atoms with Crippen molar-refractivity contribution < 1.29 is 9.53 Å². The van der Waals surface area contributed by atoms with Gasteiger partial charge in [-0.3, -0.25) is 4.79 Å². The zero-order chi connectivity index (χ0) is 17.1. The fourth-order valence-electron chi connectivity index (χ4n) is 2.42. The van der Waals surface area contributed by atoms with Crippen molar-refractivity contribution in [2.45, 2.75) is 18.9 Å². The molecule has 0 unspecified atom stereocenters. The molecule has 1 aliphatic rings. The number of carbonyl (C=O) groups excluding carboxylic acids is 1. The molecule has 1 fully saturated rings. The van der Waals surface area contributed by atoms with E-state index in [2.05, 4.69) is 15.3 Å². The van der Waals surface area contributed by atoms with Crippen molar-refractivity contribution in [3.63, 3.8) is 0 Å². The highest BCUT2D eigenvalue weighted by molar-refractivity contribution is 5.94. The Kier molecular flexibility index (Phi) is 4.12. The van der Waals surface area contributed by atoms with E-state index in [0.29, 0.717) is 29.1 Å². The van der Waals surface area contributed by atoms with Crippen molar-refractivity contribution >= 4 is 5.91 Å². The van der Waals surface area contributed by atoms with Gasteiger partial charge in [0.25, 0.3) is 5.91 Å². The average molecular weight is 331 g/mol. The average Bonchev–Trinajstić information content (AvgIpc) is 3.47. The lowest BCUT2D eigenvalue weighted by Gasteiger charge is -2.07. The number of benzene rings is 2. The van der Waals surface area contributed by atoms with Gasteiger partial charge in [0, 0.05) is 29.4 Å². The van der Waals surface area contributed by atoms with Gasteiger partial charge in [-0.15, -0.1) is 0 Å². The summed E-state index contributed by atoms with van der Waals surface area (Å²) in [6.07, 6.45) is 3.82. The Morgan fingerprint density at radius 3 is 2.48 bits per heavy atom. The molecule has 25 heavy (non-hydrogen) atoms. The Labute approximate surface area is 145 Å². The lowest BCUT2D eigenvalue weighted by molar-refractivity contribution is 0.0951. The van der Waals surface area contributed by atoms with Crippen LogP contribution < -0.4 is 10.1 Å². The molecule has 1 heterocycles. The molecule has 0 atom stereocenters. The van der Waals surface area contributed by atoms with Crippen molar-refractivity contribution in [1.29, 1.82) is 0 Å². The second-order valence-electron chi connectivity index (χ2n) is 5.96. The predicted octanol–water partition coefficient (Wildman–Crippen LogP) is 3.83. The molecular weight excluding hydrogens is 314 g/mol. The molecule has 2 aromatic carbocycles. The van der Waals surface area contributed by atoms with Crippen LogP contribution in [0.25, 0.3) is 11.4 Å². The van der Waals surface area contributed by atoms with Gasteiger partial charge in [-0.2, -0.15) is 4.98 Å². The third-order valence-corrected chi connectivity index (χ3v) is 3.91. The van der Waals surface area contributed by atoms with E-state index in [1.165, 1.54) is 0 Å². The maximum absolute atomic E-state index is 12.0. The Morgan fingerprint density at radius 1 is 1.00 bits per heavy atom. The molecule has 3 aromatic rings. The second kappa shape index (κ2) is 6.73. The van der Waals surface area contributed by atoms with Crippen molar-refractivity contribution in [3.8, 4) is 23.0 Å². The number of nitrogens with zero attached hydrogens (tertiary/aromatic N) is 2. The highest BCUT2D eigenvalue weighted by Gasteiger charge is 2.23. The van der Waals surface area contributed by atoms with Crippen molar-refractivity contribution in [2.24, 2.45) is 0 Å². The van der Waals surface area contributed by atoms with Gasteiger partial charge in [0.05, 0.1) is 0 Å². The van der Waals surface area contributed by atoms with E-state index in [4.69, 9.17) is 4.74 Å². The number of nitrogens with one attached hydrogen (secondary N) is 1. The third kappa shape index (κ3) is 3.83. The van der Waals surface area contributed by atoms with Crippen LogP contribution >= 0.6 is 0 Å². The van der Waals surface area contributed by atoms with Crippen molar-refractivity contribution in [3.05, 3.63) is 72.4 Å². The summed E-state index contributed by atoms with van der Waals surface area (Å²) in [5.41, 5.74) is 1.56. The summed E-state index contributed by atoms with van der Waals surface area (Å²) >= 11 is 0. The highest BCUT2D eigenvalue weighted by atomic mass is 16.5. The zero-order valence-corrected chi connectivity index (χ0v) is 13.6. The zero-order valence-electron chi connectivity index (χ0n) is 13.6. The molecule has 5 heteroatoms. The first kappa shape index (κ1) is 15.3. The van der Waals surface area contributed by atoms with Crippen LogP contribution in [0, 0.1) is 0 Å². The maximum atomic E-state index is 12.0. The van der Waals surface area contributed by atoms with Gasteiger partial charge in [0.1, 0.15) is 5.75 Å². The van der Waals surface area contributed by atoms with Gasteiger partial charge in [0.15, 0.2) is 5.82 Å². The highest BCUT2D eigenvalue weighted by Crippen LogP contribution is 2.23. The van der Waals surface area contributed by atoms with Crippen molar-refractivity contribution in [1.82, 2.24) is 15.3 Å². The number of carbonyl (C=O) groups is 1.